The average Bonchev–Trinajstić information content (AvgIpc) is 3.09. The lowest BCUT2D eigenvalue weighted by Crippen LogP contribution is -2.67. The van der Waals surface area contributed by atoms with E-state index in [0.717, 1.165) is 0 Å². The zero-order chi connectivity index (χ0) is 24.3. The van der Waals surface area contributed by atoms with Crippen molar-refractivity contribution < 1.29 is 23.7 Å². The molecular weight excluding hydrogens is 432 g/mol. The second-order valence-electron chi connectivity index (χ2n) is 10.0. The van der Waals surface area contributed by atoms with E-state index in [9.17, 15) is 5.11 Å². The van der Waals surface area contributed by atoms with Gasteiger partial charge >= 0.3 is 0 Å². The van der Waals surface area contributed by atoms with Crippen molar-refractivity contribution >= 4 is 18.7 Å². The highest BCUT2D eigenvalue weighted by Crippen LogP contribution is 2.38. The van der Waals surface area contributed by atoms with Crippen LogP contribution < -0.4 is 10.4 Å². The highest BCUT2D eigenvalue weighted by molar-refractivity contribution is 6.99. The summed E-state index contributed by atoms with van der Waals surface area (Å²) >= 11 is 0. The van der Waals surface area contributed by atoms with Crippen LogP contribution in [0.4, 0.5) is 0 Å². The molecule has 1 heterocycles. The van der Waals surface area contributed by atoms with E-state index in [1.165, 1.54) is 16.4 Å². The summed E-state index contributed by atoms with van der Waals surface area (Å²) in [6.45, 7) is 14.5. The molecule has 1 aliphatic heterocycles. The number of aliphatic hydroxyl groups excluding tert-OH is 1. The first-order valence-corrected chi connectivity index (χ1v) is 13.4. The molecule has 0 radical (unpaired) electrons. The molecule has 1 saturated heterocycles. The Morgan fingerprint density at radius 2 is 1.55 bits per heavy atom. The van der Waals surface area contributed by atoms with Gasteiger partial charge in [0.15, 0.2) is 5.79 Å². The van der Waals surface area contributed by atoms with Crippen LogP contribution in [-0.2, 0) is 18.6 Å². The second-order valence-corrected chi connectivity index (χ2v) is 14.3. The molecule has 1 aliphatic rings. The van der Waals surface area contributed by atoms with Gasteiger partial charge in [0.25, 0.3) is 8.32 Å². The Labute approximate surface area is 199 Å². The van der Waals surface area contributed by atoms with Crippen LogP contribution in [0.1, 0.15) is 34.6 Å². The Morgan fingerprint density at radius 3 is 1.97 bits per heavy atom. The molecule has 0 amide bonds. The fourth-order valence-corrected chi connectivity index (χ4v) is 9.41. The van der Waals surface area contributed by atoms with Gasteiger partial charge < -0.3 is 23.7 Å². The van der Waals surface area contributed by atoms with Gasteiger partial charge in [0.2, 0.25) is 0 Å². The van der Waals surface area contributed by atoms with E-state index in [-0.39, 0.29) is 5.04 Å². The Morgan fingerprint density at radius 1 is 1.03 bits per heavy atom. The fourth-order valence-electron chi connectivity index (χ4n) is 4.84. The summed E-state index contributed by atoms with van der Waals surface area (Å²) < 4.78 is 25.1. The molecule has 0 saturated carbocycles. The van der Waals surface area contributed by atoms with Crippen LogP contribution in [0.15, 0.2) is 73.3 Å². The maximum Gasteiger partial charge on any atom is 0.261 e. The number of hydrogen-bond acceptors (Lipinski definition) is 5. The Balaban J connectivity index is 2.02. The van der Waals surface area contributed by atoms with Crippen molar-refractivity contribution in [3.05, 3.63) is 73.3 Å². The van der Waals surface area contributed by atoms with Crippen molar-refractivity contribution in [1.82, 2.24) is 0 Å². The van der Waals surface area contributed by atoms with Crippen molar-refractivity contribution in [2.24, 2.45) is 0 Å². The monoisotopic (exact) mass is 470 g/mol. The minimum atomic E-state index is -2.73. The van der Waals surface area contributed by atoms with Gasteiger partial charge in [-0.15, -0.1) is 6.58 Å². The summed E-state index contributed by atoms with van der Waals surface area (Å²) in [4.78, 5) is 0. The Kier molecular flexibility index (Phi) is 7.99. The molecule has 0 spiro atoms. The van der Waals surface area contributed by atoms with Crippen LogP contribution in [0.3, 0.4) is 0 Å². The van der Waals surface area contributed by atoms with Crippen LogP contribution >= 0.6 is 0 Å². The number of hydrogen-bond donors (Lipinski definition) is 1. The van der Waals surface area contributed by atoms with E-state index < -0.39 is 38.5 Å². The molecule has 2 aromatic carbocycles. The summed E-state index contributed by atoms with van der Waals surface area (Å²) in [5.41, 5.74) is 0. The third-order valence-corrected chi connectivity index (χ3v) is 11.3. The van der Waals surface area contributed by atoms with Crippen molar-refractivity contribution in [3.63, 3.8) is 0 Å². The topological polar surface area (TPSA) is 57.2 Å². The SMILES string of the molecule is C=C[C@H](O)[C@H](OC)[C@H]1OC(C)(C)O[C@H]1CO[Si](c1ccccc1)(c1ccccc1)C(C)(C)C. The van der Waals surface area contributed by atoms with Gasteiger partial charge in [-0.2, -0.15) is 0 Å². The van der Waals surface area contributed by atoms with E-state index in [1.807, 2.05) is 26.0 Å². The van der Waals surface area contributed by atoms with Gasteiger partial charge in [-0.3, -0.25) is 0 Å². The molecule has 3 rings (SSSR count). The fraction of sp³-hybridized carbons (Fsp3) is 0.481. The smallest absolute Gasteiger partial charge is 0.261 e. The first-order chi connectivity index (χ1) is 15.6. The van der Waals surface area contributed by atoms with E-state index in [2.05, 4.69) is 75.9 Å². The molecule has 5 nitrogen and oxygen atoms in total. The molecule has 1 N–H and O–H groups in total. The normalized spacial score (nSPS) is 22.6. The molecule has 0 bridgehead atoms. The lowest BCUT2D eigenvalue weighted by molar-refractivity contribution is -0.164. The van der Waals surface area contributed by atoms with Crippen LogP contribution in [-0.4, -0.2) is 57.3 Å². The number of ether oxygens (including phenoxy) is 3. The number of methoxy groups -OCH3 is 1. The maximum atomic E-state index is 10.5. The van der Waals surface area contributed by atoms with Gasteiger partial charge in [-0.05, 0) is 29.3 Å². The summed E-state index contributed by atoms with van der Waals surface area (Å²) in [5.74, 6) is -0.818. The molecule has 2 aromatic rings. The van der Waals surface area contributed by atoms with Crippen LogP contribution in [0.25, 0.3) is 0 Å². The van der Waals surface area contributed by atoms with Crippen molar-refractivity contribution in [2.45, 2.75) is 69.9 Å². The highest BCUT2D eigenvalue weighted by atomic mass is 28.4. The number of aliphatic hydroxyl groups is 1. The van der Waals surface area contributed by atoms with Gasteiger partial charge in [-0.1, -0.05) is 87.5 Å². The molecule has 6 heteroatoms. The molecule has 0 unspecified atom stereocenters. The largest absolute Gasteiger partial charge is 0.405 e. The van der Waals surface area contributed by atoms with Crippen LogP contribution in [0, 0.1) is 0 Å². The van der Waals surface area contributed by atoms with E-state index >= 15 is 0 Å². The summed E-state index contributed by atoms with van der Waals surface area (Å²) in [6.07, 6.45) is -0.953. The van der Waals surface area contributed by atoms with Gasteiger partial charge in [0.1, 0.15) is 24.4 Å². The first kappa shape index (κ1) is 25.8. The zero-order valence-corrected chi connectivity index (χ0v) is 21.7. The quantitative estimate of drug-likeness (QED) is 0.448. The molecular formula is C27H38O5Si. The zero-order valence-electron chi connectivity index (χ0n) is 20.7. The average molecular weight is 471 g/mol. The molecule has 33 heavy (non-hydrogen) atoms. The number of rotatable bonds is 9. The highest BCUT2D eigenvalue weighted by Gasteiger charge is 2.53. The lowest BCUT2D eigenvalue weighted by atomic mass is 10.0. The summed E-state index contributed by atoms with van der Waals surface area (Å²) in [6, 6.07) is 21.0. The van der Waals surface area contributed by atoms with Gasteiger partial charge in [0.05, 0.1) is 6.61 Å². The summed E-state index contributed by atoms with van der Waals surface area (Å²) in [5, 5.41) is 12.7. The third-order valence-electron chi connectivity index (χ3n) is 6.28. The maximum absolute atomic E-state index is 10.5. The predicted octanol–water partition coefficient (Wildman–Crippen LogP) is 3.65. The van der Waals surface area contributed by atoms with E-state index in [0.29, 0.717) is 6.61 Å². The molecule has 180 valence electrons. The first-order valence-electron chi connectivity index (χ1n) is 11.5. The molecule has 1 fully saturated rings. The predicted molar refractivity (Wildman–Crippen MR) is 134 cm³/mol. The van der Waals surface area contributed by atoms with Crippen molar-refractivity contribution in [2.75, 3.05) is 13.7 Å². The Bertz CT molecular complexity index is 854. The van der Waals surface area contributed by atoms with E-state index in [4.69, 9.17) is 18.6 Å². The second kappa shape index (κ2) is 10.2. The van der Waals surface area contributed by atoms with Crippen LogP contribution in [0.5, 0.6) is 0 Å². The molecule has 0 aliphatic carbocycles. The Hall–Kier alpha value is -1.80. The van der Waals surface area contributed by atoms with Gasteiger partial charge in [0, 0.05) is 7.11 Å². The summed E-state index contributed by atoms with van der Waals surface area (Å²) in [7, 11) is -1.17. The lowest BCUT2D eigenvalue weighted by Gasteiger charge is -2.43. The minimum absolute atomic E-state index is 0.151. The van der Waals surface area contributed by atoms with Crippen LogP contribution in [0.2, 0.25) is 5.04 Å². The van der Waals surface area contributed by atoms with Crippen molar-refractivity contribution in [1.29, 1.82) is 0 Å². The third kappa shape index (κ3) is 5.32. The molecule has 0 aromatic heterocycles. The molecule has 4 atom stereocenters. The minimum Gasteiger partial charge on any atom is -0.405 e. The van der Waals surface area contributed by atoms with Crippen molar-refractivity contribution in [3.8, 4) is 0 Å². The van der Waals surface area contributed by atoms with E-state index in [1.54, 1.807) is 7.11 Å². The number of benzene rings is 2. The van der Waals surface area contributed by atoms with Gasteiger partial charge in [-0.25, -0.2) is 0 Å². The standard InChI is InChI=1S/C27H38O5Si/c1-8-22(28)24(29-7)25-23(31-27(5,6)32-25)19-30-33(26(2,3)4,20-15-11-9-12-16-20)21-17-13-10-14-18-21/h8-18,22-25,28H,1,19H2,2-7H3/t22-,23-,24-,25-/m0/s1.